The standard InChI is InChI=1S/C23H37N3O3S/c1-17(2)30(28,29)26-22-10-8-18(9-11-22)16-24-20-12-14-21(15-13-20)25-23(27)19-6-4-3-5-7-19/h12-15,17-19,22,24,26H,3-11,16H2,1-2H3,(H,25,27). The highest BCUT2D eigenvalue weighted by molar-refractivity contribution is 7.90. The number of amides is 1. The van der Waals surface area contributed by atoms with E-state index in [0.717, 1.165) is 69.3 Å². The van der Waals surface area contributed by atoms with Gasteiger partial charge in [-0.25, -0.2) is 13.1 Å². The Morgan fingerprint density at radius 2 is 1.53 bits per heavy atom. The first-order valence-corrected chi connectivity index (χ1v) is 13.0. The van der Waals surface area contributed by atoms with E-state index in [0.29, 0.717) is 5.92 Å². The fourth-order valence-electron chi connectivity index (χ4n) is 4.40. The van der Waals surface area contributed by atoms with E-state index in [1.165, 1.54) is 6.42 Å². The summed E-state index contributed by atoms with van der Waals surface area (Å²) in [7, 11) is -3.19. The molecule has 168 valence electrons. The highest BCUT2D eigenvalue weighted by Crippen LogP contribution is 2.27. The minimum Gasteiger partial charge on any atom is -0.385 e. The third-order valence-electron chi connectivity index (χ3n) is 6.52. The minimum absolute atomic E-state index is 0.0701. The molecule has 0 aromatic heterocycles. The number of benzene rings is 1. The van der Waals surface area contributed by atoms with Crippen LogP contribution in [-0.4, -0.2) is 32.2 Å². The first kappa shape index (κ1) is 23.1. The molecular formula is C23H37N3O3S. The van der Waals surface area contributed by atoms with E-state index >= 15 is 0 Å². The summed E-state index contributed by atoms with van der Waals surface area (Å²) in [5.74, 6) is 0.868. The second-order valence-electron chi connectivity index (χ2n) is 9.21. The monoisotopic (exact) mass is 435 g/mol. The molecule has 1 aromatic rings. The summed E-state index contributed by atoms with van der Waals surface area (Å²) in [6.45, 7) is 4.31. The number of sulfonamides is 1. The van der Waals surface area contributed by atoms with Gasteiger partial charge in [-0.3, -0.25) is 4.79 Å². The summed E-state index contributed by atoms with van der Waals surface area (Å²) >= 11 is 0. The van der Waals surface area contributed by atoms with Crippen molar-refractivity contribution >= 4 is 27.3 Å². The molecule has 2 fully saturated rings. The predicted octanol–water partition coefficient (Wildman–Crippen LogP) is 4.50. The van der Waals surface area contributed by atoms with Crippen molar-refractivity contribution in [1.82, 2.24) is 4.72 Å². The maximum atomic E-state index is 12.4. The van der Waals surface area contributed by atoms with Gasteiger partial charge >= 0.3 is 0 Å². The van der Waals surface area contributed by atoms with Crippen molar-refractivity contribution in [1.29, 1.82) is 0 Å². The Morgan fingerprint density at radius 1 is 0.933 bits per heavy atom. The summed E-state index contributed by atoms with van der Waals surface area (Å²) < 4.78 is 26.9. The number of anilines is 2. The number of hydrogen-bond acceptors (Lipinski definition) is 4. The normalized spacial score (nSPS) is 23.3. The maximum absolute atomic E-state index is 12.4. The topological polar surface area (TPSA) is 87.3 Å². The van der Waals surface area contributed by atoms with E-state index in [-0.39, 0.29) is 23.1 Å². The molecule has 6 nitrogen and oxygen atoms in total. The second-order valence-corrected chi connectivity index (χ2v) is 11.5. The average molecular weight is 436 g/mol. The van der Waals surface area contributed by atoms with Gasteiger partial charge in [0.25, 0.3) is 0 Å². The maximum Gasteiger partial charge on any atom is 0.227 e. The summed E-state index contributed by atoms with van der Waals surface area (Å²) in [4.78, 5) is 12.4. The SMILES string of the molecule is CC(C)S(=O)(=O)NC1CCC(CNc2ccc(NC(=O)C3CCCCC3)cc2)CC1. The Hall–Kier alpha value is -1.60. The van der Waals surface area contributed by atoms with Gasteiger partial charge < -0.3 is 10.6 Å². The van der Waals surface area contributed by atoms with Gasteiger partial charge in [-0.2, -0.15) is 0 Å². The Labute approximate surface area is 181 Å². The molecule has 0 unspecified atom stereocenters. The van der Waals surface area contributed by atoms with Crippen LogP contribution in [-0.2, 0) is 14.8 Å². The molecular weight excluding hydrogens is 398 g/mol. The number of carbonyl (C=O) groups is 1. The fraction of sp³-hybridized carbons (Fsp3) is 0.696. The molecule has 0 saturated heterocycles. The Balaban J connectivity index is 1.39. The average Bonchev–Trinajstić information content (AvgIpc) is 2.74. The molecule has 2 aliphatic carbocycles. The lowest BCUT2D eigenvalue weighted by Gasteiger charge is -2.29. The van der Waals surface area contributed by atoms with Gasteiger partial charge in [0.2, 0.25) is 15.9 Å². The molecule has 2 saturated carbocycles. The first-order chi connectivity index (χ1) is 14.3. The van der Waals surface area contributed by atoms with E-state index in [9.17, 15) is 13.2 Å². The van der Waals surface area contributed by atoms with Crippen LogP contribution in [0.15, 0.2) is 24.3 Å². The van der Waals surface area contributed by atoms with Crippen LogP contribution in [0.3, 0.4) is 0 Å². The van der Waals surface area contributed by atoms with Crippen LogP contribution in [0.25, 0.3) is 0 Å². The van der Waals surface area contributed by atoms with Gasteiger partial charge in [0.1, 0.15) is 0 Å². The van der Waals surface area contributed by atoms with Gasteiger partial charge in [-0.1, -0.05) is 19.3 Å². The number of nitrogens with one attached hydrogen (secondary N) is 3. The smallest absolute Gasteiger partial charge is 0.227 e. The van der Waals surface area contributed by atoms with Crippen LogP contribution in [0.5, 0.6) is 0 Å². The molecule has 0 radical (unpaired) electrons. The zero-order chi connectivity index (χ0) is 21.6. The molecule has 1 aromatic carbocycles. The van der Waals surface area contributed by atoms with Gasteiger partial charge in [-0.15, -0.1) is 0 Å². The van der Waals surface area contributed by atoms with Crippen molar-refractivity contribution in [2.24, 2.45) is 11.8 Å². The van der Waals surface area contributed by atoms with Crippen LogP contribution in [0, 0.1) is 11.8 Å². The lowest BCUT2D eigenvalue weighted by atomic mass is 9.86. The molecule has 0 atom stereocenters. The van der Waals surface area contributed by atoms with Crippen molar-refractivity contribution in [2.75, 3.05) is 17.2 Å². The van der Waals surface area contributed by atoms with Crippen LogP contribution < -0.4 is 15.4 Å². The number of hydrogen-bond donors (Lipinski definition) is 3. The molecule has 1 amide bonds. The quantitative estimate of drug-likeness (QED) is 0.561. The highest BCUT2D eigenvalue weighted by atomic mass is 32.2. The van der Waals surface area contributed by atoms with E-state index in [2.05, 4.69) is 15.4 Å². The zero-order valence-corrected chi connectivity index (χ0v) is 19.1. The molecule has 0 aliphatic heterocycles. The summed E-state index contributed by atoms with van der Waals surface area (Å²) in [6.07, 6.45) is 9.41. The van der Waals surface area contributed by atoms with Gasteiger partial charge in [0, 0.05) is 29.9 Å². The van der Waals surface area contributed by atoms with Crippen molar-refractivity contribution in [3.63, 3.8) is 0 Å². The third-order valence-corrected chi connectivity index (χ3v) is 8.42. The van der Waals surface area contributed by atoms with E-state index in [1.807, 2.05) is 24.3 Å². The van der Waals surface area contributed by atoms with Crippen LogP contribution >= 0.6 is 0 Å². The minimum atomic E-state index is -3.19. The molecule has 3 rings (SSSR count). The molecule has 3 N–H and O–H groups in total. The lowest BCUT2D eigenvalue weighted by molar-refractivity contribution is -0.120. The van der Waals surface area contributed by atoms with E-state index < -0.39 is 10.0 Å². The molecule has 0 spiro atoms. The van der Waals surface area contributed by atoms with Gasteiger partial charge in [0.05, 0.1) is 5.25 Å². The largest absolute Gasteiger partial charge is 0.385 e. The highest BCUT2D eigenvalue weighted by Gasteiger charge is 2.26. The number of carbonyl (C=O) groups excluding carboxylic acids is 1. The second kappa shape index (κ2) is 10.6. The van der Waals surface area contributed by atoms with Gasteiger partial charge in [-0.05, 0) is 82.6 Å². The van der Waals surface area contributed by atoms with E-state index in [1.54, 1.807) is 13.8 Å². The van der Waals surface area contributed by atoms with Crippen LogP contribution in [0.4, 0.5) is 11.4 Å². The van der Waals surface area contributed by atoms with Crippen molar-refractivity contribution in [3.05, 3.63) is 24.3 Å². The molecule has 2 aliphatic rings. The van der Waals surface area contributed by atoms with Crippen molar-refractivity contribution in [3.8, 4) is 0 Å². The lowest BCUT2D eigenvalue weighted by Crippen LogP contribution is -2.41. The number of rotatable bonds is 8. The van der Waals surface area contributed by atoms with Gasteiger partial charge in [0.15, 0.2) is 0 Å². The molecule has 30 heavy (non-hydrogen) atoms. The molecule has 7 heteroatoms. The summed E-state index contributed by atoms with van der Waals surface area (Å²) in [5, 5.41) is 6.16. The predicted molar refractivity (Wildman–Crippen MR) is 123 cm³/mol. The Morgan fingerprint density at radius 3 is 2.13 bits per heavy atom. The van der Waals surface area contributed by atoms with Crippen LogP contribution in [0.1, 0.15) is 71.6 Å². The zero-order valence-electron chi connectivity index (χ0n) is 18.3. The Bertz CT molecular complexity index is 778. The molecule has 0 heterocycles. The summed E-state index contributed by atoms with van der Waals surface area (Å²) in [6, 6.07) is 8.01. The van der Waals surface area contributed by atoms with Crippen molar-refractivity contribution in [2.45, 2.75) is 82.9 Å². The van der Waals surface area contributed by atoms with E-state index in [4.69, 9.17) is 0 Å². The first-order valence-electron chi connectivity index (χ1n) is 11.5. The summed E-state index contributed by atoms with van der Waals surface area (Å²) in [5.41, 5.74) is 1.90. The fourth-order valence-corrected chi connectivity index (χ4v) is 5.37. The third kappa shape index (κ3) is 6.71. The van der Waals surface area contributed by atoms with Crippen LogP contribution in [0.2, 0.25) is 0 Å². The van der Waals surface area contributed by atoms with Crippen molar-refractivity contribution < 1.29 is 13.2 Å². The molecule has 0 bridgehead atoms. The Kier molecular flexibility index (Phi) is 8.17.